The monoisotopic (exact) mass is 228 g/mol. The molecule has 0 unspecified atom stereocenters. The number of amides is 1. The van der Waals surface area contributed by atoms with E-state index in [4.69, 9.17) is 16.7 Å². The zero-order chi connectivity index (χ0) is 11.6. The van der Waals surface area contributed by atoms with E-state index >= 15 is 0 Å². The van der Waals surface area contributed by atoms with Crippen molar-refractivity contribution >= 4 is 29.2 Å². The molecular weight excluding hydrogens is 220 g/mol. The lowest BCUT2D eigenvalue weighted by molar-refractivity contribution is -0.116. The first kappa shape index (κ1) is 11.5. The fraction of sp³-hybridized carbons (Fsp3) is 0.222. The lowest BCUT2D eigenvalue weighted by Crippen LogP contribution is -2.25. The molecule has 1 heterocycles. The Morgan fingerprint density at radius 1 is 1.53 bits per heavy atom. The van der Waals surface area contributed by atoms with Crippen LogP contribution in [-0.4, -0.2) is 29.0 Å². The molecule has 1 aromatic heterocycles. The predicted octanol–water partition coefficient (Wildman–Crippen LogP) is 1.42. The molecule has 1 aromatic rings. The van der Waals surface area contributed by atoms with Crippen molar-refractivity contribution in [2.24, 2.45) is 0 Å². The second-order valence-corrected chi connectivity index (χ2v) is 3.29. The lowest BCUT2D eigenvalue weighted by Gasteiger charge is -2.16. The van der Waals surface area contributed by atoms with Crippen LogP contribution in [0.1, 0.15) is 17.3 Å². The standard InChI is InChI=1S/C9H9ClN2O3/c1-5(13)12(2)7-4-11-8(10)3-6(7)9(14)15/h3-4H,1-2H3,(H,14,15). The van der Waals surface area contributed by atoms with Gasteiger partial charge in [-0.3, -0.25) is 4.79 Å². The Morgan fingerprint density at radius 3 is 2.60 bits per heavy atom. The molecule has 80 valence electrons. The third-order valence-electron chi connectivity index (χ3n) is 1.91. The van der Waals surface area contributed by atoms with E-state index in [1.165, 1.54) is 31.1 Å². The van der Waals surface area contributed by atoms with Gasteiger partial charge in [-0.2, -0.15) is 0 Å². The summed E-state index contributed by atoms with van der Waals surface area (Å²) in [5.41, 5.74) is 0.173. The molecule has 0 atom stereocenters. The predicted molar refractivity (Wildman–Crippen MR) is 55.3 cm³/mol. The van der Waals surface area contributed by atoms with Gasteiger partial charge >= 0.3 is 5.97 Å². The fourth-order valence-electron chi connectivity index (χ4n) is 1.03. The molecule has 0 aliphatic heterocycles. The molecule has 0 saturated heterocycles. The molecule has 0 spiro atoms. The van der Waals surface area contributed by atoms with Crippen molar-refractivity contribution in [3.63, 3.8) is 0 Å². The molecule has 0 aliphatic carbocycles. The highest BCUT2D eigenvalue weighted by molar-refractivity contribution is 6.29. The Bertz CT molecular complexity index is 420. The van der Waals surface area contributed by atoms with Crippen molar-refractivity contribution < 1.29 is 14.7 Å². The number of hydrogen-bond donors (Lipinski definition) is 1. The van der Waals surface area contributed by atoms with E-state index in [1.807, 2.05) is 0 Å². The average molecular weight is 229 g/mol. The SMILES string of the molecule is CC(=O)N(C)c1cnc(Cl)cc1C(=O)O. The van der Waals surface area contributed by atoms with Gasteiger partial charge in [-0.1, -0.05) is 11.6 Å². The van der Waals surface area contributed by atoms with Crippen molar-refractivity contribution in [1.29, 1.82) is 0 Å². The van der Waals surface area contributed by atoms with Gasteiger partial charge in [-0.05, 0) is 6.07 Å². The number of carboxylic acid groups (broad SMARTS) is 1. The molecule has 0 fully saturated rings. The van der Waals surface area contributed by atoms with Gasteiger partial charge in [0.1, 0.15) is 5.15 Å². The van der Waals surface area contributed by atoms with Gasteiger partial charge in [-0.25, -0.2) is 9.78 Å². The minimum atomic E-state index is -1.15. The summed E-state index contributed by atoms with van der Waals surface area (Å²) in [5.74, 6) is -1.43. The number of carbonyl (C=O) groups excluding carboxylic acids is 1. The van der Waals surface area contributed by atoms with Gasteiger partial charge < -0.3 is 10.0 Å². The summed E-state index contributed by atoms with van der Waals surface area (Å²) in [6, 6.07) is 1.21. The smallest absolute Gasteiger partial charge is 0.337 e. The number of nitrogens with zero attached hydrogens (tertiary/aromatic N) is 2. The lowest BCUT2D eigenvalue weighted by atomic mass is 10.2. The number of aromatic nitrogens is 1. The van der Waals surface area contributed by atoms with Crippen LogP contribution in [0.3, 0.4) is 0 Å². The first-order valence-corrected chi connectivity index (χ1v) is 4.44. The number of carbonyl (C=O) groups is 2. The van der Waals surface area contributed by atoms with E-state index in [-0.39, 0.29) is 22.3 Å². The van der Waals surface area contributed by atoms with Gasteiger partial charge in [0, 0.05) is 14.0 Å². The number of rotatable bonds is 2. The van der Waals surface area contributed by atoms with E-state index in [0.717, 1.165) is 0 Å². The summed E-state index contributed by atoms with van der Waals surface area (Å²) in [7, 11) is 1.47. The fourth-order valence-corrected chi connectivity index (χ4v) is 1.19. The second kappa shape index (κ2) is 4.27. The maximum absolute atomic E-state index is 11.1. The molecule has 0 bridgehead atoms. The summed E-state index contributed by atoms with van der Waals surface area (Å²) < 4.78 is 0. The first-order chi connectivity index (χ1) is 6.93. The molecule has 0 aromatic carbocycles. The van der Waals surface area contributed by atoms with Gasteiger partial charge in [0.15, 0.2) is 0 Å². The Hall–Kier alpha value is -1.62. The van der Waals surface area contributed by atoms with Gasteiger partial charge in [-0.15, -0.1) is 0 Å². The van der Waals surface area contributed by atoms with Crippen LogP contribution >= 0.6 is 11.6 Å². The summed E-state index contributed by atoms with van der Waals surface area (Å²) in [6.45, 7) is 1.33. The highest BCUT2D eigenvalue weighted by Crippen LogP contribution is 2.21. The van der Waals surface area contributed by atoms with E-state index in [2.05, 4.69) is 4.98 Å². The van der Waals surface area contributed by atoms with E-state index in [1.54, 1.807) is 0 Å². The number of anilines is 1. The normalized spacial score (nSPS) is 9.80. The summed E-state index contributed by atoms with van der Waals surface area (Å²) >= 11 is 5.57. The number of pyridine rings is 1. The number of hydrogen-bond acceptors (Lipinski definition) is 3. The number of carboxylic acids is 1. The average Bonchev–Trinajstić information content (AvgIpc) is 2.16. The molecule has 1 N–H and O–H groups in total. The molecule has 6 heteroatoms. The minimum absolute atomic E-state index is 0.0484. The Balaban J connectivity index is 3.28. The van der Waals surface area contributed by atoms with Gasteiger partial charge in [0.25, 0.3) is 0 Å². The van der Waals surface area contributed by atoms with Gasteiger partial charge in [0.2, 0.25) is 5.91 Å². The van der Waals surface area contributed by atoms with Crippen molar-refractivity contribution in [3.8, 4) is 0 Å². The molecule has 0 aliphatic rings. The molecule has 0 radical (unpaired) electrons. The summed E-state index contributed by atoms with van der Waals surface area (Å²) in [4.78, 5) is 26.9. The second-order valence-electron chi connectivity index (χ2n) is 2.91. The maximum atomic E-state index is 11.1. The molecule has 5 nitrogen and oxygen atoms in total. The largest absolute Gasteiger partial charge is 0.478 e. The van der Waals surface area contributed by atoms with Crippen LogP contribution in [0.25, 0.3) is 0 Å². The van der Waals surface area contributed by atoms with Crippen LogP contribution in [0.2, 0.25) is 5.15 Å². The highest BCUT2D eigenvalue weighted by atomic mass is 35.5. The molecular formula is C9H9ClN2O3. The summed E-state index contributed by atoms with van der Waals surface area (Å²) in [5, 5.41) is 8.97. The van der Waals surface area contributed by atoms with E-state index in [9.17, 15) is 9.59 Å². The van der Waals surface area contributed by atoms with Crippen LogP contribution in [-0.2, 0) is 4.79 Å². The number of aromatic carboxylic acids is 1. The molecule has 15 heavy (non-hydrogen) atoms. The topological polar surface area (TPSA) is 70.5 Å². The first-order valence-electron chi connectivity index (χ1n) is 4.06. The van der Waals surface area contributed by atoms with Crippen LogP contribution in [0.5, 0.6) is 0 Å². The molecule has 0 saturated carbocycles. The van der Waals surface area contributed by atoms with Crippen LogP contribution < -0.4 is 4.90 Å². The van der Waals surface area contributed by atoms with Crippen LogP contribution in [0, 0.1) is 0 Å². The Morgan fingerprint density at radius 2 is 2.13 bits per heavy atom. The Labute approximate surface area is 91.3 Å². The van der Waals surface area contributed by atoms with E-state index in [0.29, 0.717) is 0 Å². The number of halogens is 1. The van der Waals surface area contributed by atoms with Gasteiger partial charge in [0.05, 0.1) is 17.4 Å². The third kappa shape index (κ3) is 2.44. The zero-order valence-corrected chi connectivity index (χ0v) is 8.95. The highest BCUT2D eigenvalue weighted by Gasteiger charge is 2.16. The quantitative estimate of drug-likeness (QED) is 0.777. The molecule has 1 amide bonds. The van der Waals surface area contributed by atoms with Crippen molar-refractivity contribution in [1.82, 2.24) is 4.98 Å². The van der Waals surface area contributed by atoms with Crippen LogP contribution in [0.15, 0.2) is 12.3 Å². The van der Waals surface area contributed by atoms with Crippen molar-refractivity contribution in [2.75, 3.05) is 11.9 Å². The van der Waals surface area contributed by atoms with Crippen molar-refractivity contribution in [2.45, 2.75) is 6.92 Å². The van der Waals surface area contributed by atoms with Crippen LogP contribution in [0.4, 0.5) is 5.69 Å². The van der Waals surface area contributed by atoms with E-state index < -0.39 is 5.97 Å². The summed E-state index contributed by atoms with van der Waals surface area (Å²) in [6.07, 6.45) is 1.26. The maximum Gasteiger partial charge on any atom is 0.337 e. The Kier molecular flexibility index (Phi) is 3.26. The zero-order valence-electron chi connectivity index (χ0n) is 8.19. The molecule has 1 rings (SSSR count). The van der Waals surface area contributed by atoms with Crippen molar-refractivity contribution in [3.05, 3.63) is 23.0 Å². The third-order valence-corrected chi connectivity index (χ3v) is 2.12. The minimum Gasteiger partial charge on any atom is -0.478 e.